The second-order valence-electron chi connectivity index (χ2n) is 3.62. The van der Waals surface area contributed by atoms with Crippen molar-refractivity contribution in [2.75, 3.05) is 5.73 Å². The van der Waals surface area contributed by atoms with Gasteiger partial charge in [0.25, 0.3) is 5.89 Å². The number of anilines is 1. The molecule has 3 aromatic rings. The van der Waals surface area contributed by atoms with Gasteiger partial charge in [0, 0.05) is 23.6 Å². The molecule has 0 saturated heterocycles. The number of benzene rings is 1. The number of nitrogen functional groups attached to an aromatic ring is 1. The molecule has 0 saturated carbocycles. The Morgan fingerprint density at radius 1 is 0.944 bits per heavy atom. The van der Waals surface area contributed by atoms with Crippen LogP contribution < -0.4 is 5.73 Å². The Bertz CT molecular complexity index is 648. The van der Waals surface area contributed by atoms with Crippen LogP contribution in [0.4, 0.5) is 5.69 Å². The third kappa shape index (κ3) is 1.91. The van der Waals surface area contributed by atoms with Gasteiger partial charge in [-0.15, -0.1) is 0 Å². The molecule has 88 valence electrons. The molecule has 0 aliphatic carbocycles. The molecule has 0 amide bonds. The Labute approximate surface area is 103 Å². The molecular weight excluding hydrogens is 230 g/mol. The number of aromatic nitrogens is 4. The van der Waals surface area contributed by atoms with Crippen molar-refractivity contribution in [3.05, 3.63) is 42.7 Å². The summed E-state index contributed by atoms with van der Waals surface area (Å²) in [5.41, 5.74) is 7.10. The minimum Gasteiger partial charge on any atom is -0.399 e. The first-order chi connectivity index (χ1) is 8.83. The zero-order chi connectivity index (χ0) is 12.4. The standard InChI is InChI=1S/C12H9N5O/c13-9-4-2-8(3-5-9)12-16-11(17-18-12)10-14-6-1-7-15-10/h1-7H,13H2. The highest BCUT2D eigenvalue weighted by atomic mass is 16.5. The van der Waals surface area contributed by atoms with Crippen molar-refractivity contribution in [3.8, 4) is 23.1 Å². The molecule has 2 heterocycles. The topological polar surface area (TPSA) is 90.7 Å². The van der Waals surface area contributed by atoms with Gasteiger partial charge in [-0.1, -0.05) is 5.16 Å². The molecule has 0 bridgehead atoms. The molecule has 1 aromatic carbocycles. The maximum absolute atomic E-state index is 5.61. The van der Waals surface area contributed by atoms with Crippen LogP contribution in [0.1, 0.15) is 0 Å². The van der Waals surface area contributed by atoms with Crippen LogP contribution >= 0.6 is 0 Å². The number of nitrogens with zero attached hydrogens (tertiary/aromatic N) is 4. The third-order valence-electron chi connectivity index (χ3n) is 2.35. The highest BCUT2D eigenvalue weighted by Gasteiger charge is 2.11. The van der Waals surface area contributed by atoms with E-state index in [0.29, 0.717) is 23.2 Å². The highest BCUT2D eigenvalue weighted by molar-refractivity contribution is 5.58. The van der Waals surface area contributed by atoms with Gasteiger partial charge in [-0.2, -0.15) is 4.98 Å². The summed E-state index contributed by atoms with van der Waals surface area (Å²) >= 11 is 0. The van der Waals surface area contributed by atoms with Gasteiger partial charge in [0.05, 0.1) is 0 Å². The second kappa shape index (κ2) is 4.25. The molecule has 0 unspecified atom stereocenters. The molecule has 0 radical (unpaired) electrons. The van der Waals surface area contributed by atoms with Gasteiger partial charge < -0.3 is 10.3 Å². The molecular formula is C12H9N5O. The Morgan fingerprint density at radius 2 is 1.67 bits per heavy atom. The maximum atomic E-state index is 5.61. The van der Waals surface area contributed by atoms with Crippen molar-refractivity contribution >= 4 is 5.69 Å². The fourth-order valence-electron chi connectivity index (χ4n) is 1.47. The zero-order valence-electron chi connectivity index (χ0n) is 9.32. The number of rotatable bonds is 2. The molecule has 0 aliphatic heterocycles. The molecule has 0 aliphatic rings. The van der Waals surface area contributed by atoms with Crippen LogP contribution in [0.5, 0.6) is 0 Å². The van der Waals surface area contributed by atoms with E-state index in [9.17, 15) is 0 Å². The third-order valence-corrected chi connectivity index (χ3v) is 2.35. The normalized spacial score (nSPS) is 10.4. The Morgan fingerprint density at radius 3 is 2.39 bits per heavy atom. The maximum Gasteiger partial charge on any atom is 0.258 e. The van der Waals surface area contributed by atoms with Gasteiger partial charge >= 0.3 is 0 Å². The van der Waals surface area contributed by atoms with E-state index < -0.39 is 0 Å². The summed E-state index contributed by atoms with van der Waals surface area (Å²) in [5.74, 6) is 1.21. The first kappa shape index (κ1) is 10.4. The Balaban J connectivity index is 1.97. The van der Waals surface area contributed by atoms with Crippen molar-refractivity contribution in [2.45, 2.75) is 0 Å². The predicted octanol–water partition coefficient (Wildman–Crippen LogP) is 1.78. The van der Waals surface area contributed by atoms with E-state index in [0.717, 1.165) is 5.56 Å². The Kier molecular flexibility index (Phi) is 2.45. The molecule has 0 fully saturated rings. The van der Waals surface area contributed by atoms with Crippen LogP contribution in [0.3, 0.4) is 0 Å². The minimum absolute atomic E-state index is 0.363. The van der Waals surface area contributed by atoms with Gasteiger partial charge in [0.1, 0.15) is 0 Å². The highest BCUT2D eigenvalue weighted by Crippen LogP contribution is 2.20. The van der Waals surface area contributed by atoms with E-state index >= 15 is 0 Å². The lowest BCUT2D eigenvalue weighted by molar-refractivity contribution is 0.432. The van der Waals surface area contributed by atoms with Crippen molar-refractivity contribution in [2.24, 2.45) is 0 Å². The lowest BCUT2D eigenvalue weighted by Crippen LogP contribution is -1.88. The van der Waals surface area contributed by atoms with Crippen LogP contribution in [-0.2, 0) is 0 Å². The van der Waals surface area contributed by atoms with Gasteiger partial charge in [-0.25, -0.2) is 9.97 Å². The van der Waals surface area contributed by atoms with E-state index in [1.165, 1.54) is 0 Å². The molecule has 0 atom stereocenters. The molecule has 6 heteroatoms. The van der Waals surface area contributed by atoms with Gasteiger partial charge in [-0.3, -0.25) is 0 Å². The van der Waals surface area contributed by atoms with E-state index in [-0.39, 0.29) is 0 Å². The SMILES string of the molecule is Nc1ccc(-c2nc(-c3ncccn3)no2)cc1. The van der Waals surface area contributed by atoms with Crippen molar-refractivity contribution < 1.29 is 4.52 Å². The monoisotopic (exact) mass is 239 g/mol. The molecule has 0 spiro atoms. The summed E-state index contributed by atoms with van der Waals surface area (Å²) in [4.78, 5) is 12.3. The van der Waals surface area contributed by atoms with Crippen LogP contribution in [0.15, 0.2) is 47.2 Å². The van der Waals surface area contributed by atoms with Crippen LogP contribution in [0.25, 0.3) is 23.1 Å². The van der Waals surface area contributed by atoms with Crippen molar-refractivity contribution in [3.63, 3.8) is 0 Å². The fourth-order valence-corrected chi connectivity index (χ4v) is 1.47. The number of hydrogen-bond acceptors (Lipinski definition) is 6. The smallest absolute Gasteiger partial charge is 0.258 e. The summed E-state index contributed by atoms with van der Waals surface area (Å²) in [7, 11) is 0. The molecule has 2 aromatic heterocycles. The van der Waals surface area contributed by atoms with Gasteiger partial charge in [0.15, 0.2) is 0 Å². The average molecular weight is 239 g/mol. The van der Waals surface area contributed by atoms with Gasteiger partial charge in [-0.05, 0) is 30.3 Å². The number of hydrogen-bond donors (Lipinski definition) is 1. The summed E-state index contributed by atoms with van der Waals surface area (Å²) in [5, 5.41) is 3.84. The Hall–Kier alpha value is -2.76. The first-order valence-electron chi connectivity index (χ1n) is 5.30. The molecule has 3 rings (SSSR count). The largest absolute Gasteiger partial charge is 0.399 e. The summed E-state index contributed by atoms with van der Waals surface area (Å²) in [6.45, 7) is 0. The molecule has 6 nitrogen and oxygen atoms in total. The predicted molar refractivity (Wildman–Crippen MR) is 65.2 cm³/mol. The summed E-state index contributed by atoms with van der Waals surface area (Å²) in [6.07, 6.45) is 3.25. The number of nitrogens with two attached hydrogens (primary N) is 1. The second-order valence-corrected chi connectivity index (χ2v) is 3.62. The van der Waals surface area contributed by atoms with Crippen LogP contribution in [-0.4, -0.2) is 20.1 Å². The van der Waals surface area contributed by atoms with Crippen LogP contribution in [0.2, 0.25) is 0 Å². The molecule has 2 N–H and O–H groups in total. The van der Waals surface area contributed by atoms with E-state index in [1.807, 2.05) is 12.1 Å². The van der Waals surface area contributed by atoms with Crippen molar-refractivity contribution in [1.29, 1.82) is 0 Å². The van der Waals surface area contributed by atoms with E-state index in [4.69, 9.17) is 10.3 Å². The summed E-state index contributed by atoms with van der Waals surface area (Å²) in [6, 6.07) is 8.91. The van der Waals surface area contributed by atoms with E-state index in [1.54, 1.807) is 30.6 Å². The first-order valence-corrected chi connectivity index (χ1v) is 5.30. The fraction of sp³-hybridized carbons (Fsp3) is 0. The average Bonchev–Trinajstić information content (AvgIpc) is 2.90. The minimum atomic E-state index is 0.363. The lowest BCUT2D eigenvalue weighted by Gasteiger charge is -1.94. The summed E-state index contributed by atoms with van der Waals surface area (Å²) < 4.78 is 5.16. The zero-order valence-corrected chi connectivity index (χ0v) is 9.32. The van der Waals surface area contributed by atoms with Crippen LogP contribution in [0, 0.1) is 0 Å². The molecule has 18 heavy (non-hydrogen) atoms. The van der Waals surface area contributed by atoms with Crippen molar-refractivity contribution in [1.82, 2.24) is 20.1 Å². The van der Waals surface area contributed by atoms with E-state index in [2.05, 4.69) is 20.1 Å². The lowest BCUT2D eigenvalue weighted by atomic mass is 10.2. The quantitative estimate of drug-likeness (QED) is 0.685. The van der Waals surface area contributed by atoms with Gasteiger partial charge in [0.2, 0.25) is 11.6 Å².